The van der Waals surface area contributed by atoms with Gasteiger partial charge in [-0.25, -0.2) is 0 Å². The second-order valence-electron chi connectivity index (χ2n) is 39.9. The molecule has 0 saturated heterocycles. The van der Waals surface area contributed by atoms with Gasteiger partial charge in [-0.05, 0) is 255 Å². The van der Waals surface area contributed by atoms with Crippen LogP contribution >= 0.6 is 0 Å². The Morgan fingerprint density at radius 2 is 0.621 bits per heavy atom. The number of anilines is 7. The maximum atomic E-state index is 10.2. The SMILES string of the molecule is [2H]c1c([2H])c([2H])c(N(c2ccccc2)c2ccc3c(c2)c2c([2H])c([2H])c([2H])c([2H])c2n3CCc2cc3c4c(c2)N(Cc2c(-c5ccccc5)cc(C(C)(C)C)cc2-c2ccccc2)c2cc(Cn5c6ccc(C(C)(C)C)cc6c6cc(C(C)(C)C)ccc65)ccc2B4c2ccc(CCn4c5c([2H])c([2H])c([2H])c([2H])c5c5c([2H])c([2H])c([2H])c([2H])c54)cc2N3Cc2c(-c3ccccc3)cc(C(C)(C)C)cc2-c2ccccc2)c([2H])c1[2H]. The van der Waals surface area contributed by atoms with Gasteiger partial charge >= 0.3 is 0 Å². The molecule has 0 aliphatic carbocycles. The molecule has 2 aliphatic rings. The zero-order chi connectivity index (χ0) is 105. The molecule has 0 bridgehead atoms. The van der Waals surface area contributed by atoms with Gasteiger partial charge in [-0.1, -0.05) is 356 Å². The summed E-state index contributed by atoms with van der Waals surface area (Å²) < 4.78 is 166. The number of para-hydroxylation sites is 5. The molecule has 646 valence electrons. The lowest BCUT2D eigenvalue weighted by Crippen LogP contribution is -2.62. The Morgan fingerprint density at radius 1 is 0.265 bits per heavy atom. The lowest BCUT2D eigenvalue weighted by atomic mass is 9.33. The highest BCUT2D eigenvalue weighted by atomic mass is 15.2. The van der Waals surface area contributed by atoms with Crippen LogP contribution in [0.15, 0.2) is 382 Å². The summed E-state index contributed by atoms with van der Waals surface area (Å²) >= 11 is 0. The third-order valence-electron chi connectivity index (χ3n) is 27.4. The van der Waals surface area contributed by atoms with E-state index in [0.29, 0.717) is 35.4 Å². The summed E-state index contributed by atoms with van der Waals surface area (Å²) in [6.45, 7) is 27.9. The van der Waals surface area contributed by atoms with Gasteiger partial charge in [0.1, 0.15) is 0 Å². The standard InChI is InChI=1S/C125H113BN6/c1-122(2,3)90-57-62-115-104(73-90)105-74-91(123(4,5)6)58-63-116(105)129(115)80-85-56-61-110-118(72-85)131(82-108-102(88-41-23-15-24-42-88)77-93(125(10,11)12)78-103(108)89-43-25-16-26-44-89)120-71-84(66-68-128-113-54-36-33-51-99(113)106-79-96(59-64-114(106)128)132(94-45-27-17-28-46-94)95-47-29-18-30-48-95)70-119-121(120)126(110)109-60-55-83(65-67-127-111-52-34-31-49-97(111)98-50-32-35-53-112(98)127)69-117(109)130(119)81-107-100(86-37-19-13-20-38-86)75-92(124(7,8)9)76-101(107)87-39-21-14-22-40-87/h13-64,69-79H,65-68,80-82H2,1-12H3/i17D,27D,28D,31D,32D,33D,34D,35D,36D,45D,46D,49D,50D,51D,52D,53D,54D. The summed E-state index contributed by atoms with van der Waals surface area (Å²) in [6.07, 6.45) is 0.466. The first kappa shape index (κ1) is 66.0. The minimum atomic E-state index is -0.552. The Kier molecular flexibility index (Phi) is 16.5. The highest BCUT2D eigenvalue weighted by Crippen LogP contribution is 2.50. The molecule has 0 saturated carbocycles. The summed E-state index contributed by atoms with van der Waals surface area (Å²) in [7, 11) is 0. The first-order chi connectivity index (χ1) is 71.0. The van der Waals surface area contributed by atoms with E-state index in [1.165, 1.54) is 21.9 Å². The molecular formula is C125H113BN6. The fraction of sp³-hybridized carbons (Fsp3) is 0.184. The molecule has 0 amide bonds. The maximum absolute atomic E-state index is 10.2. The van der Waals surface area contributed by atoms with Crippen LogP contribution < -0.4 is 31.1 Å². The summed E-state index contributed by atoms with van der Waals surface area (Å²) in [6, 6.07) is 91.8. The van der Waals surface area contributed by atoms with Crippen LogP contribution in [0.25, 0.3) is 110 Å². The first-order valence-electron chi connectivity index (χ1n) is 54.6. The minimum absolute atomic E-state index is 0.0122. The molecule has 6 nitrogen and oxygen atoms in total. The van der Waals surface area contributed by atoms with E-state index < -0.39 is 85.3 Å². The lowest BCUT2D eigenvalue weighted by molar-refractivity contribution is 0.590. The van der Waals surface area contributed by atoms with Gasteiger partial charge in [0.05, 0.1) is 23.3 Å². The van der Waals surface area contributed by atoms with Crippen LogP contribution in [0.4, 0.5) is 39.8 Å². The van der Waals surface area contributed by atoms with Crippen LogP contribution in [0.3, 0.4) is 0 Å². The number of nitrogens with zero attached hydrogens (tertiary/aromatic N) is 6. The number of hydrogen-bond donors (Lipinski definition) is 0. The highest BCUT2D eigenvalue weighted by molar-refractivity contribution is 7.00. The highest BCUT2D eigenvalue weighted by Gasteiger charge is 2.45. The third kappa shape index (κ3) is 15.1. The van der Waals surface area contributed by atoms with E-state index in [-0.39, 0.29) is 117 Å². The zero-order valence-corrected chi connectivity index (χ0v) is 76.8. The van der Waals surface area contributed by atoms with E-state index in [9.17, 15) is 16.4 Å². The second-order valence-corrected chi connectivity index (χ2v) is 39.9. The van der Waals surface area contributed by atoms with E-state index in [1.54, 1.807) is 39.8 Å². The van der Waals surface area contributed by atoms with E-state index in [4.69, 9.17) is 6.85 Å². The van der Waals surface area contributed by atoms with Crippen molar-refractivity contribution in [2.45, 2.75) is 150 Å². The molecule has 0 atom stereocenters. The minimum Gasteiger partial charge on any atom is -0.340 e. The van der Waals surface area contributed by atoms with E-state index in [2.05, 4.69) is 316 Å². The van der Waals surface area contributed by atoms with Crippen molar-refractivity contribution in [2.75, 3.05) is 14.7 Å². The van der Waals surface area contributed by atoms with Crippen molar-refractivity contribution < 1.29 is 23.3 Å². The summed E-state index contributed by atoms with van der Waals surface area (Å²) in [5, 5.41) is 3.06. The first-order valence-corrected chi connectivity index (χ1v) is 46.1. The Hall–Kier alpha value is -14.4. The van der Waals surface area contributed by atoms with Crippen LogP contribution in [0.1, 0.15) is 156 Å². The number of aryl methyl sites for hydroxylation is 4. The van der Waals surface area contributed by atoms with Crippen molar-refractivity contribution in [3.8, 4) is 44.5 Å². The fourth-order valence-corrected chi connectivity index (χ4v) is 20.5. The zero-order valence-electron chi connectivity index (χ0n) is 93.8. The molecule has 22 rings (SSSR count). The van der Waals surface area contributed by atoms with Crippen molar-refractivity contribution in [3.63, 3.8) is 0 Å². The molecule has 7 heteroatoms. The fourth-order valence-electron chi connectivity index (χ4n) is 20.5. The van der Waals surface area contributed by atoms with Gasteiger partial charge in [0.2, 0.25) is 0 Å². The maximum Gasteiger partial charge on any atom is 0.252 e. The monoisotopic (exact) mass is 1730 g/mol. The Morgan fingerprint density at radius 3 is 1.06 bits per heavy atom. The van der Waals surface area contributed by atoms with Gasteiger partial charge < -0.3 is 28.4 Å². The van der Waals surface area contributed by atoms with Crippen molar-refractivity contribution >= 4 is 128 Å². The third-order valence-corrected chi connectivity index (χ3v) is 27.4. The topological polar surface area (TPSA) is 24.5 Å². The largest absolute Gasteiger partial charge is 0.340 e. The number of hydrogen-bond acceptors (Lipinski definition) is 3. The van der Waals surface area contributed by atoms with Crippen LogP contribution in [-0.4, -0.2) is 20.4 Å². The number of fused-ring (bicyclic) bond motifs is 13. The molecule has 2 aliphatic heterocycles. The van der Waals surface area contributed by atoms with Gasteiger partial charge in [-0.15, -0.1) is 0 Å². The van der Waals surface area contributed by atoms with Crippen molar-refractivity contribution in [1.82, 2.24) is 13.7 Å². The van der Waals surface area contributed by atoms with E-state index >= 15 is 0 Å². The Balaban J connectivity index is 0.842. The van der Waals surface area contributed by atoms with Gasteiger partial charge in [0.25, 0.3) is 6.71 Å². The molecule has 0 spiro atoms. The van der Waals surface area contributed by atoms with Crippen molar-refractivity contribution in [2.24, 2.45) is 0 Å². The molecular weight excluding hydrogens is 1600 g/mol. The van der Waals surface area contributed by atoms with Crippen LogP contribution in [0.2, 0.25) is 0 Å². The summed E-state index contributed by atoms with van der Waals surface area (Å²) in [5.74, 6) is 0. The van der Waals surface area contributed by atoms with Crippen molar-refractivity contribution in [3.05, 3.63) is 432 Å². The summed E-state index contributed by atoms with van der Waals surface area (Å²) in [5.41, 5.74) is 27.5. The van der Waals surface area contributed by atoms with Crippen LogP contribution in [0, 0.1) is 0 Å². The second kappa shape index (κ2) is 32.9. The molecule has 0 N–H and O–H groups in total. The van der Waals surface area contributed by atoms with Crippen LogP contribution in [0.5, 0.6) is 0 Å². The Labute approximate surface area is 802 Å². The average molecular weight is 1730 g/mol. The Bertz CT molecular complexity index is 8650. The smallest absolute Gasteiger partial charge is 0.252 e. The normalized spacial score (nSPS) is 14.7. The molecule has 20 aromatic rings. The number of aromatic nitrogens is 3. The van der Waals surface area contributed by atoms with Gasteiger partial charge in [-0.3, -0.25) is 0 Å². The quantitative estimate of drug-likeness (QED) is 0.0754. The number of benzene rings is 17. The predicted molar refractivity (Wildman–Crippen MR) is 565 cm³/mol. The molecule has 0 radical (unpaired) electrons. The molecule has 132 heavy (non-hydrogen) atoms. The molecule has 3 aromatic heterocycles. The van der Waals surface area contributed by atoms with Crippen LogP contribution in [-0.2, 0) is 67.2 Å². The van der Waals surface area contributed by atoms with E-state index in [0.717, 1.165) is 134 Å². The van der Waals surface area contributed by atoms with Gasteiger partial charge in [0.15, 0.2) is 0 Å². The molecule has 5 heterocycles. The van der Waals surface area contributed by atoms with Gasteiger partial charge in [0, 0.05) is 138 Å². The molecule has 0 fully saturated rings. The average Bonchev–Trinajstić information content (AvgIpc) is 1.69. The number of rotatable bonds is 19. The predicted octanol–water partition coefficient (Wildman–Crippen LogP) is 30.7. The lowest BCUT2D eigenvalue weighted by Gasteiger charge is -2.45. The summed E-state index contributed by atoms with van der Waals surface area (Å²) in [4.78, 5) is 6.71. The van der Waals surface area contributed by atoms with Crippen molar-refractivity contribution in [1.29, 1.82) is 0 Å². The van der Waals surface area contributed by atoms with Gasteiger partial charge in [-0.2, -0.15) is 0 Å². The molecule has 17 aromatic carbocycles. The molecule has 0 unspecified atom stereocenters. The van der Waals surface area contributed by atoms with E-state index in [1.807, 2.05) is 34.9 Å².